The smallest absolute Gasteiger partial charge is 0.287 e. The first kappa shape index (κ1) is 24.2. The van der Waals surface area contributed by atoms with Crippen molar-refractivity contribution in [2.24, 2.45) is 40.4 Å². The van der Waals surface area contributed by atoms with Crippen LogP contribution in [0.2, 0.25) is 0 Å². The second-order valence-corrected chi connectivity index (χ2v) is 11.6. The van der Waals surface area contributed by atoms with Gasteiger partial charge in [-0.2, -0.15) is 0 Å². The van der Waals surface area contributed by atoms with Gasteiger partial charge >= 0.3 is 0 Å². The molecule has 33 heavy (non-hydrogen) atoms. The van der Waals surface area contributed by atoms with Gasteiger partial charge in [0.15, 0.2) is 5.78 Å². The summed E-state index contributed by atoms with van der Waals surface area (Å²) in [6.07, 6.45) is 12.0. The van der Waals surface area contributed by atoms with Crippen LogP contribution >= 0.6 is 0 Å². The molecular weight excluding hydrogens is 414 g/mol. The van der Waals surface area contributed by atoms with Gasteiger partial charge in [0.25, 0.3) is 5.91 Å². The van der Waals surface area contributed by atoms with E-state index in [4.69, 9.17) is 0 Å². The lowest BCUT2D eigenvalue weighted by Gasteiger charge is -2.56. The molecule has 0 aromatic carbocycles. The summed E-state index contributed by atoms with van der Waals surface area (Å²) in [5, 5.41) is 12.9. The summed E-state index contributed by atoms with van der Waals surface area (Å²) < 4.78 is 0. The monoisotopic (exact) mass is 455 g/mol. The summed E-state index contributed by atoms with van der Waals surface area (Å²) >= 11 is 0. The van der Waals surface area contributed by atoms with Gasteiger partial charge < -0.3 is 10.4 Å². The van der Waals surface area contributed by atoms with Crippen LogP contribution in [0.5, 0.6) is 0 Å². The number of allylic oxidation sites excluding steroid dienone is 3. The van der Waals surface area contributed by atoms with Gasteiger partial charge in [0.2, 0.25) is 5.78 Å². The summed E-state index contributed by atoms with van der Waals surface area (Å²) in [5.41, 5.74) is 0.334. The Labute approximate surface area is 198 Å². The Morgan fingerprint density at radius 1 is 1.12 bits per heavy atom. The molecule has 4 rings (SSSR count). The first-order valence-corrected chi connectivity index (χ1v) is 13.1. The molecule has 7 atom stereocenters. The van der Waals surface area contributed by atoms with Crippen molar-refractivity contribution in [3.8, 4) is 0 Å². The zero-order valence-corrected chi connectivity index (χ0v) is 20.8. The number of aliphatic hydroxyl groups is 1. The third-order valence-electron chi connectivity index (χ3n) is 9.87. The summed E-state index contributed by atoms with van der Waals surface area (Å²) in [4.78, 5) is 39.2. The van der Waals surface area contributed by atoms with Crippen molar-refractivity contribution in [3.63, 3.8) is 0 Å². The highest BCUT2D eigenvalue weighted by Gasteiger charge is 2.63. The van der Waals surface area contributed by atoms with E-state index in [1.165, 1.54) is 6.08 Å². The summed E-state index contributed by atoms with van der Waals surface area (Å²) in [6, 6.07) is 0. The van der Waals surface area contributed by atoms with E-state index in [2.05, 4.69) is 33.0 Å². The normalized spacial score (nSPS) is 39.6. The molecule has 0 spiro atoms. The van der Waals surface area contributed by atoms with E-state index in [1.807, 2.05) is 0 Å². The molecule has 0 aromatic heterocycles. The van der Waals surface area contributed by atoms with Crippen molar-refractivity contribution in [1.82, 2.24) is 5.32 Å². The molecule has 0 radical (unpaired) electrons. The molecule has 0 saturated heterocycles. The van der Waals surface area contributed by atoms with Crippen LogP contribution in [-0.2, 0) is 14.4 Å². The van der Waals surface area contributed by atoms with E-state index in [0.29, 0.717) is 18.4 Å². The quantitative estimate of drug-likeness (QED) is 0.403. The van der Waals surface area contributed by atoms with Crippen molar-refractivity contribution in [2.75, 3.05) is 6.54 Å². The third-order valence-corrected chi connectivity index (χ3v) is 9.87. The number of hydrogen-bond donors (Lipinski definition) is 2. The summed E-state index contributed by atoms with van der Waals surface area (Å²) in [7, 11) is 0. The Bertz CT molecular complexity index is 888. The number of ketones is 2. The van der Waals surface area contributed by atoms with Gasteiger partial charge in [-0.3, -0.25) is 14.4 Å². The van der Waals surface area contributed by atoms with Gasteiger partial charge in [0.1, 0.15) is 5.76 Å². The zero-order chi connectivity index (χ0) is 24.0. The molecule has 0 heterocycles. The van der Waals surface area contributed by atoms with Gasteiger partial charge in [0.05, 0.1) is 5.41 Å². The standard InChI is InChI=1S/C28H41NO4/c1-5-6-7-8-13-29-26(33)25(32)24-17(2)14-22-20-10-9-18-15-19(30)16-23(31)28(18,4)21(20)11-12-27(22,24)3/h15-17,20-22,24,30H,5-14H2,1-4H3,(H,29,33)/t17-,20-,21+,22+,24-,27+,28+/m1/s1. The average molecular weight is 456 g/mol. The maximum Gasteiger partial charge on any atom is 0.287 e. The molecule has 4 aliphatic carbocycles. The Balaban J connectivity index is 1.51. The van der Waals surface area contributed by atoms with Gasteiger partial charge in [-0.05, 0) is 80.6 Å². The minimum Gasteiger partial charge on any atom is -0.508 e. The molecule has 3 saturated carbocycles. The van der Waals surface area contributed by atoms with Crippen molar-refractivity contribution in [1.29, 1.82) is 0 Å². The predicted molar refractivity (Wildman–Crippen MR) is 128 cm³/mol. The van der Waals surface area contributed by atoms with Crippen LogP contribution < -0.4 is 5.32 Å². The van der Waals surface area contributed by atoms with E-state index in [0.717, 1.165) is 63.4 Å². The van der Waals surface area contributed by atoms with E-state index in [9.17, 15) is 19.5 Å². The van der Waals surface area contributed by atoms with Crippen LogP contribution in [-0.4, -0.2) is 29.1 Å². The van der Waals surface area contributed by atoms with E-state index in [-0.39, 0.29) is 40.5 Å². The van der Waals surface area contributed by atoms with Gasteiger partial charge in [0, 0.05) is 18.5 Å². The number of carbonyl (C=O) groups excluding carboxylic acids is 3. The summed E-state index contributed by atoms with van der Waals surface area (Å²) in [5.74, 6) is 0.360. The molecule has 5 nitrogen and oxygen atoms in total. The van der Waals surface area contributed by atoms with Crippen molar-refractivity contribution in [3.05, 3.63) is 23.5 Å². The van der Waals surface area contributed by atoms with Crippen LogP contribution in [0.4, 0.5) is 0 Å². The second-order valence-electron chi connectivity index (χ2n) is 11.6. The molecule has 0 aromatic rings. The number of carbonyl (C=O) groups is 3. The molecule has 0 bridgehead atoms. The molecule has 0 unspecified atom stereocenters. The number of rotatable bonds is 7. The number of aliphatic hydroxyl groups excluding tert-OH is 1. The maximum absolute atomic E-state index is 13.4. The van der Waals surface area contributed by atoms with Crippen molar-refractivity contribution >= 4 is 17.5 Å². The lowest BCUT2D eigenvalue weighted by molar-refractivity contribution is -0.146. The minimum absolute atomic E-state index is 0.0249. The Morgan fingerprint density at radius 2 is 1.88 bits per heavy atom. The molecule has 0 aliphatic heterocycles. The number of fused-ring (bicyclic) bond motifs is 5. The van der Waals surface area contributed by atoms with Gasteiger partial charge in [-0.15, -0.1) is 0 Å². The highest BCUT2D eigenvalue weighted by Crippen LogP contribution is 2.67. The molecule has 1 amide bonds. The van der Waals surface area contributed by atoms with Crippen molar-refractivity contribution in [2.45, 2.75) is 85.5 Å². The Morgan fingerprint density at radius 3 is 2.61 bits per heavy atom. The predicted octanol–water partition coefficient (Wildman–Crippen LogP) is 5.31. The summed E-state index contributed by atoms with van der Waals surface area (Å²) in [6.45, 7) is 9.17. The minimum atomic E-state index is -0.544. The molecular formula is C28H41NO4. The topological polar surface area (TPSA) is 83.5 Å². The zero-order valence-electron chi connectivity index (χ0n) is 20.8. The molecule has 182 valence electrons. The first-order valence-electron chi connectivity index (χ1n) is 13.1. The van der Waals surface area contributed by atoms with E-state index >= 15 is 0 Å². The first-order chi connectivity index (χ1) is 15.6. The fourth-order valence-electron chi connectivity index (χ4n) is 8.20. The molecule has 5 heteroatoms. The van der Waals surface area contributed by atoms with Crippen molar-refractivity contribution < 1.29 is 19.5 Å². The fourth-order valence-corrected chi connectivity index (χ4v) is 8.20. The number of unbranched alkanes of at least 4 members (excludes halogenated alkanes) is 3. The number of nitrogens with one attached hydrogen (secondary N) is 1. The van der Waals surface area contributed by atoms with E-state index < -0.39 is 11.3 Å². The number of hydrogen-bond acceptors (Lipinski definition) is 4. The van der Waals surface area contributed by atoms with Crippen LogP contribution in [0, 0.1) is 40.4 Å². The lowest BCUT2D eigenvalue weighted by atomic mass is 9.47. The second kappa shape index (κ2) is 9.03. The number of Topliss-reactive ketones (excluding diaryl/α,β-unsaturated/α-hetero) is 1. The largest absolute Gasteiger partial charge is 0.508 e. The SMILES string of the molecule is CCCCCCNC(=O)C(=O)[C@H]1[C@H](C)C[C@H]2[C@@H]3CCC4=CC(O)=CC(=O)[C@]4(C)[C@H]3CC[C@@]21C. The lowest BCUT2D eigenvalue weighted by Crippen LogP contribution is -2.54. The van der Waals surface area contributed by atoms with Crippen LogP contribution in [0.15, 0.2) is 23.5 Å². The molecule has 2 N–H and O–H groups in total. The fraction of sp³-hybridized carbons (Fsp3) is 0.750. The van der Waals surface area contributed by atoms with Crippen LogP contribution in [0.25, 0.3) is 0 Å². The molecule has 4 aliphatic rings. The molecule has 3 fully saturated rings. The Kier molecular flexibility index (Phi) is 6.63. The van der Waals surface area contributed by atoms with Gasteiger partial charge in [-0.25, -0.2) is 0 Å². The van der Waals surface area contributed by atoms with Crippen LogP contribution in [0.1, 0.15) is 85.5 Å². The Hall–Kier alpha value is -1.91. The van der Waals surface area contributed by atoms with E-state index in [1.54, 1.807) is 6.08 Å². The average Bonchev–Trinajstić information content (AvgIpc) is 3.04. The van der Waals surface area contributed by atoms with Crippen LogP contribution in [0.3, 0.4) is 0 Å². The maximum atomic E-state index is 13.4. The highest BCUT2D eigenvalue weighted by atomic mass is 16.3. The highest BCUT2D eigenvalue weighted by molar-refractivity contribution is 6.37. The third kappa shape index (κ3) is 3.89. The van der Waals surface area contributed by atoms with Gasteiger partial charge in [-0.1, -0.05) is 45.6 Å². The number of amides is 1.